The smallest absolute Gasteiger partial charge is 0.311 e. The fourth-order valence-corrected chi connectivity index (χ4v) is 2.57. The number of hydrogen-bond donors (Lipinski definition) is 0. The largest absolute Gasteiger partial charge is 0.493 e. The van der Waals surface area contributed by atoms with E-state index < -0.39 is 0 Å². The molecule has 0 unspecified atom stereocenters. The fraction of sp³-hybridized carbons (Fsp3) is 0.400. The first-order chi connectivity index (χ1) is 10.6. The van der Waals surface area contributed by atoms with Gasteiger partial charge in [0.25, 0.3) is 0 Å². The van der Waals surface area contributed by atoms with Crippen molar-refractivity contribution in [3.8, 4) is 11.5 Å². The Balaban J connectivity index is 1.85. The van der Waals surface area contributed by atoms with E-state index in [9.17, 15) is 4.79 Å². The first-order valence-corrected chi connectivity index (χ1v) is 6.95. The maximum absolute atomic E-state index is 12.4. The Bertz CT molecular complexity index is 711. The summed E-state index contributed by atoms with van der Waals surface area (Å²) in [7, 11) is 3.21. The molecule has 3 rings (SSSR count). The van der Waals surface area contributed by atoms with E-state index in [2.05, 4.69) is 10.2 Å². The standard InChI is InChI=1S/C15H17N3O4/c1-9-16-17-14(22-9)15(19)18-5-4-10-6-12(20-2)13(21-3)7-11(10)8-18/h6-7H,4-5,8H2,1-3H3. The number of aromatic nitrogens is 2. The van der Waals surface area contributed by atoms with Crippen LogP contribution in [0.3, 0.4) is 0 Å². The molecule has 0 N–H and O–H groups in total. The minimum Gasteiger partial charge on any atom is -0.493 e. The van der Waals surface area contributed by atoms with Crippen molar-refractivity contribution in [2.45, 2.75) is 19.9 Å². The van der Waals surface area contributed by atoms with Crippen LogP contribution in [0.15, 0.2) is 16.5 Å². The molecule has 1 amide bonds. The molecule has 116 valence electrons. The highest BCUT2D eigenvalue weighted by Gasteiger charge is 2.26. The molecule has 0 spiro atoms. The van der Waals surface area contributed by atoms with Crippen molar-refractivity contribution in [3.05, 3.63) is 35.0 Å². The summed E-state index contributed by atoms with van der Waals surface area (Å²) < 4.78 is 15.8. The summed E-state index contributed by atoms with van der Waals surface area (Å²) in [4.78, 5) is 14.1. The number of fused-ring (bicyclic) bond motifs is 1. The number of nitrogens with zero attached hydrogens (tertiary/aromatic N) is 3. The summed E-state index contributed by atoms with van der Waals surface area (Å²) >= 11 is 0. The number of benzene rings is 1. The minimum absolute atomic E-state index is 0.0291. The number of carbonyl (C=O) groups is 1. The molecule has 7 nitrogen and oxygen atoms in total. The Morgan fingerprint density at radius 2 is 1.86 bits per heavy atom. The van der Waals surface area contributed by atoms with E-state index in [-0.39, 0.29) is 11.8 Å². The number of hydrogen-bond acceptors (Lipinski definition) is 6. The van der Waals surface area contributed by atoms with Gasteiger partial charge in [0, 0.05) is 20.0 Å². The predicted molar refractivity (Wildman–Crippen MR) is 77.0 cm³/mol. The van der Waals surface area contributed by atoms with Gasteiger partial charge in [-0.15, -0.1) is 10.2 Å². The van der Waals surface area contributed by atoms with Crippen LogP contribution in [0.25, 0.3) is 0 Å². The van der Waals surface area contributed by atoms with Crippen molar-refractivity contribution >= 4 is 5.91 Å². The number of amides is 1. The lowest BCUT2D eigenvalue weighted by Crippen LogP contribution is -2.36. The highest BCUT2D eigenvalue weighted by atomic mass is 16.5. The maximum Gasteiger partial charge on any atom is 0.311 e. The van der Waals surface area contributed by atoms with Crippen LogP contribution in [-0.4, -0.2) is 41.8 Å². The SMILES string of the molecule is COc1cc2c(cc1OC)CN(C(=O)c1nnc(C)o1)CC2. The average molecular weight is 303 g/mol. The van der Waals surface area contributed by atoms with Crippen molar-refractivity contribution in [3.63, 3.8) is 0 Å². The number of rotatable bonds is 3. The van der Waals surface area contributed by atoms with Crippen LogP contribution in [0.2, 0.25) is 0 Å². The molecule has 7 heteroatoms. The summed E-state index contributed by atoms with van der Waals surface area (Å²) in [5.41, 5.74) is 2.19. The summed E-state index contributed by atoms with van der Waals surface area (Å²) in [6.07, 6.45) is 0.745. The third-order valence-electron chi connectivity index (χ3n) is 3.71. The average Bonchev–Trinajstić information content (AvgIpc) is 2.98. The zero-order chi connectivity index (χ0) is 15.7. The van der Waals surface area contributed by atoms with Crippen LogP contribution in [0, 0.1) is 6.92 Å². The molecule has 0 radical (unpaired) electrons. The lowest BCUT2D eigenvalue weighted by molar-refractivity contribution is 0.0692. The normalized spacial score (nSPS) is 13.7. The lowest BCUT2D eigenvalue weighted by Gasteiger charge is -2.28. The summed E-state index contributed by atoms with van der Waals surface area (Å²) in [5.74, 6) is 1.52. The second kappa shape index (κ2) is 5.67. The fourth-order valence-electron chi connectivity index (χ4n) is 2.57. The molecule has 22 heavy (non-hydrogen) atoms. The van der Waals surface area contributed by atoms with Gasteiger partial charge in [-0.3, -0.25) is 4.79 Å². The third-order valence-corrected chi connectivity index (χ3v) is 3.71. The Labute approximate surface area is 127 Å². The lowest BCUT2D eigenvalue weighted by atomic mass is 9.98. The Hall–Kier alpha value is -2.57. The van der Waals surface area contributed by atoms with E-state index in [0.717, 1.165) is 17.5 Å². The van der Waals surface area contributed by atoms with E-state index in [1.54, 1.807) is 26.0 Å². The van der Waals surface area contributed by atoms with Crippen LogP contribution in [0.5, 0.6) is 11.5 Å². The molecule has 0 fully saturated rings. The van der Waals surface area contributed by atoms with Crippen LogP contribution < -0.4 is 9.47 Å². The van der Waals surface area contributed by atoms with E-state index in [1.807, 2.05) is 12.1 Å². The molecule has 0 aliphatic carbocycles. The number of methoxy groups -OCH3 is 2. The van der Waals surface area contributed by atoms with Crippen molar-refractivity contribution in [2.24, 2.45) is 0 Å². The quantitative estimate of drug-likeness (QED) is 0.857. The van der Waals surface area contributed by atoms with Crippen LogP contribution in [0.1, 0.15) is 27.7 Å². The predicted octanol–water partition coefficient (Wildman–Crippen LogP) is 1.59. The molecular formula is C15H17N3O4. The molecule has 1 aromatic carbocycles. The van der Waals surface area contributed by atoms with Gasteiger partial charge in [-0.25, -0.2) is 0 Å². The van der Waals surface area contributed by atoms with Gasteiger partial charge in [0.2, 0.25) is 5.89 Å². The van der Waals surface area contributed by atoms with Crippen molar-refractivity contribution in [2.75, 3.05) is 20.8 Å². The molecular weight excluding hydrogens is 286 g/mol. The zero-order valence-corrected chi connectivity index (χ0v) is 12.8. The first-order valence-electron chi connectivity index (χ1n) is 6.95. The molecule has 1 aromatic heterocycles. The van der Waals surface area contributed by atoms with E-state index in [4.69, 9.17) is 13.9 Å². The van der Waals surface area contributed by atoms with Crippen molar-refractivity contribution in [1.82, 2.24) is 15.1 Å². The van der Waals surface area contributed by atoms with Gasteiger partial charge in [-0.2, -0.15) is 0 Å². The summed E-state index contributed by atoms with van der Waals surface area (Å²) in [6.45, 7) is 2.74. The molecule has 0 bridgehead atoms. The molecule has 1 aliphatic heterocycles. The summed E-state index contributed by atoms with van der Waals surface area (Å²) in [5, 5.41) is 7.48. The molecule has 2 heterocycles. The van der Waals surface area contributed by atoms with Gasteiger partial charge in [0.05, 0.1) is 14.2 Å². The van der Waals surface area contributed by atoms with E-state index in [0.29, 0.717) is 30.5 Å². The Morgan fingerprint density at radius 1 is 1.18 bits per heavy atom. The van der Waals surface area contributed by atoms with E-state index >= 15 is 0 Å². The highest BCUT2D eigenvalue weighted by molar-refractivity contribution is 5.89. The monoisotopic (exact) mass is 303 g/mol. The van der Waals surface area contributed by atoms with Crippen LogP contribution >= 0.6 is 0 Å². The van der Waals surface area contributed by atoms with Gasteiger partial charge in [0.15, 0.2) is 11.5 Å². The van der Waals surface area contributed by atoms with Gasteiger partial charge >= 0.3 is 11.8 Å². The van der Waals surface area contributed by atoms with Crippen LogP contribution in [-0.2, 0) is 13.0 Å². The number of ether oxygens (including phenoxy) is 2. The van der Waals surface area contributed by atoms with Crippen LogP contribution in [0.4, 0.5) is 0 Å². The number of carbonyl (C=O) groups excluding carboxylic acids is 1. The minimum atomic E-state index is -0.249. The second-order valence-corrected chi connectivity index (χ2v) is 5.08. The summed E-state index contributed by atoms with van der Waals surface area (Å²) in [6, 6.07) is 3.87. The molecule has 0 saturated carbocycles. The second-order valence-electron chi connectivity index (χ2n) is 5.08. The topological polar surface area (TPSA) is 77.7 Å². The van der Waals surface area contributed by atoms with Gasteiger partial charge in [-0.05, 0) is 29.7 Å². The molecule has 0 saturated heterocycles. The third kappa shape index (κ3) is 2.49. The molecule has 0 atom stereocenters. The Kier molecular flexibility index (Phi) is 3.70. The first kappa shape index (κ1) is 14.4. The van der Waals surface area contributed by atoms with Gasteiger partial charge in [0.1, 0.15) is 0 Å². The van der Waals surface area contributed by atoms with Gasteiger partial charge in [-0.1, -0.05) is 0 Å². The van der Waals surface area contributed by atoms with Gasteiger partial charge < -0.3 is 18.8 Å². The van der Waals surface area contributed by atoms with Crippen molar-refractivity contribution in [1.29, 1.82) is 0 Å². The highest BCUT2D eigenvalue weighted by Crippen LogP contribution is 2.33. The van der Waals surface area contributed by atoms with E-state index in [1.165, 1.54) is 0 Å². The maximum atomic E-state index is 12.4. The molecule has 1 aliphatic rings. The Morgan fingerprint density at radius 3 is 2.45 bits per heavy atom. The van der Waals surface area contributed by atoms with Crippen molar-refractivity contribution < 1.29 is 18.7 Å². The number of aryl methyl sites for hydroxylation is 1. The molecule has 2 aromatic rings. The zero-order valence-electron chi connectivity index (χ0n) is 12.8.